The van der Waals surface area contributed by atoms with Crippen LogP contribution in [0.3, 0.4) is 0 Å². The fraction of sp³-hybridized carbons (Fsp3) is 0.571. The number of nitrogens with one attached hydrogen (secondary N) is 1. The molecule has 1 fully saturated rings. The lowest BCUT2D eigenvalue weighted by Crippen LogP contribution is -2.38. The van der Waals surface area contributed by atoms with Crippen LogP contribution in [0, 0.1) is 6.92 Å². The zero-order valence-electron chi connectivity index (χ0n) is 10.9. The summed E-state index contributed by atoms with van der Waals surface area (Å²) in [5.74, 6) is 1.04. The van der Waals surface area contributed by atoms with Gasteiger partial charge < -0.3 is 10.7 Å². The molecule has 4 heteroatoms. The Morgan fingerprint density at radius 1 is 1.22 bits per heavy atom. The van der Waals surface area contributed by atoms with E-state index >= 15 is 0 Å². The molecule has 96 valence electrons. The number of hydrogen-bond acceptors (Lipinski definition) is 3. The topological polar surface area (TPSA) is 67.6 Å². The first kappa shape index (κ1) is 11.7. The van der Waals surface area contributed by atoms with Gasteiger partial charge in [0.1, 0.15) is 5.82 Å². The zero-order chi connectivity index (χ0) is 12.6. The average Bonchev–Trinajstić information content (AvgIpc) is 2.83. The number of pyridine rings is 1. The summed E-state index contributed by atoms with van der Waals surface area (Å²) in [6.45, 7) is 2.67. The van der Waals surface area contributed by atoms with Gasteiger partial charge >= 0.3 is 0 Å². The van der Waals surface area contributed by atoms with Gasteiger partial charge in [0, 0.05) is 17.7 Å². The molecule has 1 aliphatic carbocycles. The van der Waals surface area contributed by atoms with Crippen molar-refractivity contribution in [2.75, 3.05) is 6.54 Å². The highest BCUT2D eigenvalue weighted by Gasteiger charge is 2.35. The fourth-order valence-electron chi connectivity index (χ4n) is 3.00. The molecule has 0 amide bonds. The molecular weight excluding hydrogens is 224 g/mol. The molecule has 4 nitrogen and oxygen atoms in total. The third-order valence-corrected chi connectivity index (χ3v) is 4.19. The normalized spacial score (nSPS) is 19.2. The molecule has 0 aromatic carbocycles. The van der Waals surface area contributed by atoms with E-state index in [4.69, 9.17) is 10.7 Å². The van der Waals surface area contributed by atoms with Gasteiger partial charge in [0.25, 0.3) is 0 Å². The van der Waals surface area contributed by atoms with E-state index in [0.717, 1.165) is 35.5 Å². The van der Waals surface area contributed by atoms with Gasteiger partial charge in [0.15, 0.2) is 5.65 Å². The van der Waals surface area contributed by atoms with E-state index in [1.54, 1.807) is 0 Å². The van der Waals surface area contributed by atoms with Crippen molar-refractivity contribution in [1.29, 1.82) is 0 Å². The van der Waals surface area contributed by atoms with Crippen molar-refractivity contribution in [2.24, 2.45) is 5.73 Å². The van der Waals surface area contributed by atoms with Gasteiger partial charge in [-0.15, -0.1) is 0 Å². The lowest BCUT2D eigenvalue weighted by Gasteiger charge is -2.34. The third-order valence-electron chi connectivity index (χ3n) is 4.19. The van der Waals surface area contributed by atoms with E-state index in [1.807, 2.05) is 13.0 Å². The molecule has 0 atom stereocenters. The van der Waals surface area contributed by atoms with Crippen LogP contribution in [0.25, 0.3) is 11.2 Å². The maximum absolute atomic E-state index is 6.04. The Morgan fingerprint density at radius 2 is 2.00 bits per heavy atom. The van der Waals surface area contributed by atoms with Crippen LogP contribution in [0.2, 0.25) is 0 Å². The Bertz CT molecular complexity index is 552. The molecule has 0 radical (unpaired) electrons. The van der Waals surface area contributed by atoms with Crippen LogP contribution in [0.5, 0.6) is 0 Å². The first-order valence-corrected chi connectivity index (χ1v) is 6.77. The summed E-state index contributed by atoms with van der Waals surface area (Å²) in [6.07, 6.45) is 6.10. The van der Waals surface area contributed by atoms with Crippen molar-refractivity contribution in [3.05, 3.63) is 23.7 Å². The van der Waals surface area contributed by atoms with Crippen molar-refractivity contribution in [3.8, 4) is 0 Å². The maximum Gasteiger partial charge on any atom is 0.177 e. The van der Waals surface area contributed by atoms with Crippen LogP contribution in [-0.4, -0.2) is 21.5 Å². The smallest absolute Gasteiger partial charge is 0.177 e. The lowest BCUT2D eigenvalue weighted by molar-refractivity contribution is 0.288. The SMILES string of the molecule is Cc1ccc2[nH]c(C3(CN)CCCCC3)nc2n1. The van der Waals surface area contributed by atoms with E-state index < -0.39 is 0 Å². The van der Waals surface area contributed by atoms with Crippen LogP contribution >= 0.6 is 0 Å². The number of hydrogen-bond donors (Lipinski definition) is 2. The quantitative estimate of drug-likeness (QED) is 0.852. The molecule has 1 aliphatic rings. The molecular formula is C14H20N4. The molecule has 3 N–H and O–H groups in total. The van der Waals surface area contributed by atoms with Gasteiger partial charge in [0.2, 0.25) is 0 Å². The molecule has 18 heavy (non-hydrogen) atoms. The van der Waals surface area contributed by atoms with Crippen LogP contribution in [0.4, 0.5) is 0 Å². The van der Waals surface area contributed by atoms with Gasteiger partial charge in [-0.2, -0.15) is 0 Å². The number of aromatic amines is 1. The summed E-state index contributed by atoms with van der Waals surface area (Å²) in [6, 6.07) is 4.07. The van der Waals surface area contributed by atoms with Crippen molar-refractivity contribution >= 4 is 11.2 Å². The summed E-state index contributed by atoms with van der Waals surface area (Å²) in [4.78, 5) is 12.6. The van der Waals surface area contributed by atoms with Crippen molar-refractivity contribution in [2.45, 2.75) is 44.4 Å². The third kappa shape index (κ3) is 1.81. The number of fused-ring (bicyclic) bond motifs is 1. The van der Waals surface area contributed by atoms with Crippen LogP contribution in [0.1, 0.15) is 43.6 Å². The molecule has 1 saturated carbocycles. The molecule has 0 unspecified atom stereocenters. The number of aromatic nitrogens is 3. The Labute approximate surface area is 107 Å². The highest BCUT2D eigenvalue weighted by atomic mass is 15.0. The molecule has 0 bridgehead atoms. The molecule has 0 spiro atoms. The summed E-state index contributed by atoms with van der Waals surface area (Å²) in [7, 11) is 0. The first-order valence-electron chi connectivity index (χ1n) is 6.77. The minimum atomic E-state index is 0.0485. The second kappa shape index (κ2) is 4.35. The molecule has 2 aromatic rings. The number of H-pyrrole nitrogens is 1. The molecule has 2 heterocycles. The number of rotatable bonds is 2. The Morgan fingerprint density at radius 3 is 2.72 bits per heavy atom. The minimum absolute atomic E-state index is 0.0485. The summed E-state index contributed by atoms with van der Waals surface area (Å²) >= 11 is 0. The van der Waals surface area contributed by atoms with Crippen molar-refractivity contribution in [3.63, 3.8) is 0 Å². The van der Waals surface area contributed by atoms with E-state index in [2.05, 4.69) is 16.0 Å². The standard InChI is InChI=1S/C14H20N4/c1-10-5-6-11-12(16-10)18-13(17-11)14(9-15)7-3-2-4-8-14/h5-6H,2-4,7-9,15H2,1H3,(H,16,17,18). The Kier molecular flexibility index (Phi) is 2.82. The van der Waals surface area contributed by atoms with E-state index in [1.165, 1.54) is 19.3 Å². The molecule has 0 aliphatic heterocycles. The monoisotopic (exact) mass is 244 g/mol. The lowest BCUT2D eigenvalue weighted by atomic mass is 9.73. The predicted molar refractivity (Wildman–Crippen MR) is 72.4 cm³/mol. The Hall–Kier alpha value is -1.42. The maximum atomic E-state index is 6.04. The minimum Gasteiger partial charge on any atom is -0.340 e. The number of aryl methyl sites for hydroxylation is 1. The highest BCUT2D eigenvalue weighted by Crippen LogP contribution is 2.37. The average molecular weight is 244 g/mol. The molecule has 3 rings (SSSR count). The molecule has 0 saturated heterocycles. The van der Waals surface area contributed by atoms with Crippen LogP contribution in [0.15, 0.2) is 12.1 Å². The second-order valence-corrected chi connectivity index (χ2v) is 5.45. The summed E-state index contributed by atoms with van der Waals surface area (Å²) in [5, 5.41) is 0. The first-order chi connectivity index (χ1) is 8.73. The summed E-state index contributed by atoms with van der Waals surface area (Å²) in [5.41, 5.74) is 8.94. The van der Waals surface area contributed by atoms with E-state index in [0.29, 0.717) is 6.54 Å². The van der Waals surface area contributed by atoms with E-state index in [9.17, 15) is 0 Å². The van der Waals surface area contributed by atoms with Gasteiger partial charge in [-0.25, -0.2) is 9.97 Å². The van der Waals surface area contributed by atoms with Gasteiger partial charge in [-0.3, -0.25) is 0 Å². The number of nitrogens with two attached hydrogens (primary N) is 1. The fourth-order valence-corrected chi connectivity index (χ4v) is 3.00. The highest BCUT2D eigenvalue weighted by molar-refractivity contribution is 5.70. The van der Waals surface area contributed by atoms with Gasteiger partial charge in [-0.05, 0) is 31.9 Å². The van der Waals surface area contributed by atoms with Crippen LogP contribution in [-0.2, 0) is 5.41 Å². The second-order valence-electron chi connectivity index (χ2n) is 5.45. The van der Waals surface area contributed by atoms with Crippen LogP contribution < -0.4 is 5.73 Å². The molecule has 2 aromatic heterocycles. The van der Waals surface area contributed by atoms with Gasteiger partial charge in [0.05, 0.1) is 5.52 Å². The van der Waals surface area contributed by atoms with E-state index in [-0.39, 0.29) is 5.41 Å². The predicted octanol–water partition coefficient (Wildman–Crippen LogP) is 2.43. The summed E-state index contributed by atoms with van der Waals surface area (Å²) < 4.78 is 0. The number of imidazole rings is 1. The van der Waals surface area contributed by atoms with Crippen molar-refractivity contribution in [1.82, 2.24) is 15.0 Å². The number of nitrogens with zero attached hydrogens (tertiary/aromatic N) is 2. The Balaban J connectivity index is 2.06. The largest absolute Gasteiger partial charge is 0.340 e. The van der Waals surface area contributed by atoms with Crippen molar-refractivity contribution < 1.29 is 0 Å². The van der Waals surface area contributed by atoms with Gasteiger partial charge in [-0.1, -0.05) is 19.3 Å². The zero-order valence-corrected chi connectivity index (χ0v) is 10.9.